The Morgan fingerprint density at radius 3 is 2.37 bits per heavy atom. The van der Waals surface area contributed by atoms with E-state index in [1.807, 2.05) is 0 Å². The van der Waals surface area contributed by atoms with E-state index in [1.165, 1.54) is 0 Å². The van der Waals surface area contributed by atoms with Crippen molar-refractivity contribution in [1.29, 1.82) is 0 Å². The normalized spacial score (nSPS) is 63.3. The molecular formula is C19H30. The fraction of sp³-hybridized carbons (Fsp3) is 1.00. The molecule has 0 saturated heterocycles. The van der Waals surface area contributed by atoms with Gasteiger partial charge in [0.1, 0.15) is 0 Å². The van der Waals surface area contributed by atoms with Crippen molar-refractivity contribution in [3.63, 3.8) is 0 Å². The predicted molar refractivity (Wildman–Crippen MR) is 78.6 cm³/mol. The maximum absolute atomic E-state index is 2.63. The third-order valence-electron chi connectivity index (χ3n) is 8.91. The second-order valence-electron chi connectivity index (χ2n) is 10.4. The van der Waals surface area contributed by atoms with Crippen LogP contribution in [-0.2, 0) is 0 Å². The first-order chi connectivity index (χ1) is 8.80. The number of rotatable bonds is 0. The van der Waals surface area contributed by atoms with Crippen molar-refractivity contribution in [2.45, 2.75) is 60.3 Å². The first-order valence-electron chi connectivity index (χ1n) is 8.80. The van der Waals surface area contributed by atoms with E-state index in [0.717, 1.165) is 46.8 Å². The number of fused-ring (bicyclic) bond motifs is 7. The molecule has 8 unspecified atom stereocenters. The predicted octanol–water partition coefficient (Wildman–Crippen LogP) is 4.99. The van der Waals surface area contributed by atoms with Gasteiger partial charge in [-0.1, -0.05) is 34.6 Å². The summed E-state index contributed by atoms with van der Waals surface area (Å²) >= 11 is 0. The second-order valence-corrected chi connectivity index (χ2v) is 10.4. The van der Waals surface area contributed by atoms with Gasteiger partial charge in [-0.25, -0.2) is 0 Å². The van der Waals surface area contributed by atoms with Crippen LogP contribution in [0.25, 0.3) is 0 Å². The highest BCUT2D eigenvalue weighted by Crippen LogP contribution is 2.93. The summed E-state index contributed by atoms with van der Waals surface area (Å²) < 4.78 is 0. The molecule has 0 heterocycles. The average Bonchev–Trinajstić information content (AvgIpc) is 2.90. The van der Waals surface area contributed by atoms with Crippen LogP contribution in [0, 0.1) is 57.7 Å². The Bertz CT molecular complexity index is 453. The van der Waals surface area contributed by atoms with Crippen molar-refractivity contribution < 1.29 is 0 Å². The molecule has 0 N–H and O–H groups in total. The topological polar surface area (TPSA) is 0 Å². The molecule has 0 nitrogen and oxygen atoms in total. The van der Waals surface area contributed by atoms with Gasteiger partial charge in [0.05, 0.1) is 0 Å². The Morgan fingerprint density at radius 1 is 1.00 bits per heavy atom. The molecule has 0 amide bonds. The maximum Gasteiger partial charge on any atom is -0.0170 e. The minimum absolute atomic E-state index is 0.539. The van der Waals surface area contributed by atoms with Crippen LogP contribution in [0.2, 0.25) is 0 Å². The van der Waals surface area contributed by atoms with Gasteiger partial charge < -0.3 is 0 Å². The van der Waals surface area contributed by atoms with E-state index in [-0.39, 0.29) is 0 Å². The Morgan fingerprint density at radius 2 is 1.68 bits per heavy atom. The molecule has 5 aliphatic rings. The summed E-state index contributed by atoms with van der Waals surface area (Å²) in [5, 5.41) is 0. The summed E-state index contributed by atoms with van der Waals surface area (Å²) in [6.45, 7) is 12.8. The molecule has 1 spiro atoms. The van der Waals surface area contributed by atoms with E-state index in [2.05, 4.69) is 34.6 Å². The van der Waals surface area contributed by atoms with Gasteiger partial charge in [-0.2, -0.15) is 0 Å². The summed E-state index contributed by atoms with van der Waals surface area (Å²) in [7, 11) is 0. The molecule has 8 atom stereocenters. The van der Waals surface area contributed by atoms with Crippen LogP contribution in [0.15, 0.2) is 0 Å². The van der Waals surface area contributed by atoms with Crippen LogP contribution in [0.4, 0.5) is 0 Å². The molecule has 5 fully saturated rings. The van der Waals surface area contributed by atoms with Gasteiger partial charge >= 0.3 is 0 Å². The van der Waals surface area contributed by atoms with Crippen molar-refractivity contribution in [3.8, 4) is 0 Å². The van der Waals surface area contributed by atoms with E-state index in [4.69, 9.17) is 0 Å². The Hall–Kier alpha value is 0. The summed E-state index contributed by atoms with van der Waals surface area (Å²) in [6, 6.07) is 0. The first-order valence-corrected chi connectivity index (χ1v) is 8.80. The van der Waals surface area contributed by atoms with E-state index >= 15 is 0 Å². The molecule has 0 aliphatic heterocycles. The molecule has 5 rings (SSSR count). The van der Waals surface area contributed by atoms with Crippen molar-refractivity contribution in [3.05, 3.63) is 0 Å². The lowest BCUT2D eigenvalue weighted by atomic mass is 9.61. The molecule has 5 aliphatic carbocycles. The van der Waals surface area contributed by atoms with Crippen molar-refractivity contribution >= 4 is 0 Å². The van der Waals surface area contributed by atoms with E-state index < -0.39 is 0 Å². The number of hydrogen-bond donors (Lipinski definition) is 0. The molecule has 0 radical (unpaired) electrons. The fourth-order valence-electron chi connectivity index (χ4n) is 8.86. The Labute approximate surface area is 118 Å². The Kier molecular flexibility index (Phi) is 1.72. The summed E-state index contributed by atoms with van der Waals surface area (Å²) in [6.07, 6.45) is 6.41. The summed E-state index contributed by atoms with van der Waals surface area (Å²) in [5.74, 6) is 7.81. The lowest BCUT2D eigenvalue weighted by molar-refractivity contribution is 0.0439. The third-order valence-corrected chi connectivity index (χ3v) is 8.91. The highest BCUT2D eigenvalue weighted by Gasteiger charge is 2.88. The van der Waals surface area contributed by atoms with E-state index in [9.17, 15) is 0 Å². The van der Waals surface area contributed by atoms with Crippen molar-refractivity contribution in [2.24, 2.45) is 57.7 Å². The molecule has 0 aromatic heterocycles. The van der Waals surface area contributed by atoms with Gasteiger partial charge in [-0.05, 0) is 83.4 Å². The summed E-state index contributed by atoms with van der Waals surface area (Å²) in [4.78, 5) is 0. The smallest absolute Gasteiger partial charge is 0.0170 e. The Balaban J connectivity index is 1.64. The SMILES string of the molecule is CC(C)(C)C1C2CC3(C4C5CCC(C5)C24)C1C3(C)C. The fourth-order valence-corrected chi connectivity index (χ4v) is 8.86. The van der Waals surface area contributed by atoms with Crippen LogP contribution < -0.4 is 0 Å². The standard InChI is InChI=1S/C19H30/c1-17(2,3)15-12-9-19(16(15)18(19,4)5)14-11-7-6-10(8-11)13(12)14/h10-16H,6-9H2,1-5H3. The highest BCUT2D eigenvalue weighted by molar-refractivity contribution is 5.35. The third kappa shape index (κ3) is 0.968. The van der Waals surface area contributed by atoms with Gasteiger partial charge in [-0.3, -0.25) is 0 Å². The molecule has 0 heteroatoms. The number of hydrogen-bond acceptors (Lipinski definition) is 0. The van der Waals surface area contributed by atoms with E-state index in [0.29, 0.717) is 10.8 Å². The lowest BCUT2D eigenvalue weighted by Gasteiger charge is -2.43. The van der Waals surface area contributed by atoms with Gasteiger partial charge in [0, 0.05) is 0 Å². The zero-order valence-corrected chi connectivity index (χ0v) is 13.4. The molecule has 0 aromatic carbocycles. The zero-order valence-electron chi connectivity index (χ0n) is 13.4. The molecular weight excluding hydrogens is 228 g/mol. The zero-order chi connectivity index (χ0) is 13.4. The highest BCUT2D eigenvalue weighted by atomic mass is 14.9. The van der Waals surface area contributed by atoms with Crippen LogP contribution in [-0.4, -0.2) is 0 Å². The second kappa shape index (κ2) is 2.81. The molecule has 0 aromatic rings. The summed E-state index contributed by atoms with van der Waals surface area (Å²) in [5.41, 5.74) is 2.02. The monoisotopic (exact) mass is 258 g/mol. The van der Waals surface area contributed by atoms with Gasteiger partial charge in [0.15, 0.2) is 0 Å². The van der Waals surface area contributed by atoms with Gasteiger partial charge in [0.2, 0.25) is 0 Å². The maximum atomic E-state index is 2.63. The van der Waals surface area contributed by atoms with Crippen LogP contribution >= 0.6 is 0 Å². The van der Waals surface area contributed by atoms with Crippen molar-refractivity contribution in [2.75, 3.05) is 0 Å². The molecule has 5 saturated carbocycles. The molecule has 4 bridgehead atoms. The van der Waals surface area contributed by atoms with Gasteiger partial charge in [-0.15, -0.1) is 0 Å². The molecule has 106 valence electrons. The van der Waals surface area contributed by atoms with Crippen LogP contribution in [0.3, 0.4) is 0 Å². The first kappa shape index (κ1) is 11.6. The molecule has 19 heavy (non-hydrogen) atoms. The quantitative estimate of drug-likeness (QED) is 0.574. The van der Waals surface area contributed by atoms with E-state index in [1.54, 1.807) is 25.7 Å². The average molecular weight is 258 g/mol. The minimum atomic E-state index is 0.539. The van der Waals surface area contributed by atoms with Crippen molar-refractivity contribution in [1.82, 2.24) is 0 Å². The van der Waals surface area contributed by atoms with Gasteiger partial charge in [0.25, 0.3) is 0 Å². The van der Waals surface area contributed by atoms with Crippen LogP contribution in [0.1, 0.15) is 60.3 Å². The minimum Gasteiger partial charge on any atom is -0.0599 e. The largest absolute Gasteiger partial charge is 0.0599 e. The lowest BCUT2D eigenvalue weighted by Crippen LogP contribution is -2.38. The van der Waals surface area contributed by atoms with Crippen LogP contribution in [0.5, 0.6) is 0 Å².